The highest BCUT2D eigenvalue weighted by Crippen LogP contribution is 2.16. The number of hydrogen-bond donors (Lipinski definition) is 0. The summed E-state index contributed by atoms with van der Waals surface area (Å²) < 4.78 is 5.06. The van der Waals surface area contributed by atoms with Crippen molar-refractivity contribution >= 4 is 0 Å². The van der Waals surface area contributed by atoms with Crippen molar-refractivity contribution in [1.82, 2.24) is 9.97 Å². The largest absolute Gasteiger partial charge is 0.443 e. The lowest BCUT2D eigenvalue weighted by Gasteiger charge is -1.93. The van der Waals surface area contributed by atoms with Gasteiger partial charge in [-0.25, -0.2) is 9.97 Å². The second kappa shape index (κ2) is 3.07. The zero-order valence-electron chi connectivity index (χ0n) is 6.64. The van der Waals surface area contributed by atoms with Crippen molar-refractivity contribution in [3.8, 4) is 17.4 Å². The standard InChI is InChI=1S/C9H5N3O/c10-3-8-2-1-7(4-12-8)9-5-11-6-13-9/h1-2,4-6H. The van der Waals surface area contributed by atoms with Crippen molar-refractivity contribution in [1.29, 1.82) is 5.26 Å². The minimum Gasteiger partial charge on any atom is -0.443 e. The van der Waals surface area contributed by atoms with E-state index in [4.69, 9.17) is 9.68 Å². The van der Waals surface area contributed by atoms with Crippen molar-refractivity contribution in [2.45, 2.75) is 0 Å². The van der Waals surface area contributed by atoms with Gasteiger partial charge in [-0.3, -0.25) is 0 Å². The summed E-state index contributed by atoms with van der Waals surface area (Å²) in [5.74, 6) is 0.650. The molecule has 0 amide bonds. The van der Waals surface area contributed by atoms with Crippen molar-refractivity contribution in [3.63, 3.8) is 0 Å². The lowest BCUT2D eigenvalue weighted by molar-refractivity contribution is 0.571. The maximum absolute atomic E-state index is 8.51. The molecule has 0 aliphatic rings. The first-order chi connectivity index (χ1) is 6.40. The minimum absolute atomic E-state index is 0.392. The maximum Gasteiger partial charge on any atom is 0.181 e. The van der Waals surface area contributed by atoms with Crippen LogP contribution in [0.5, 0.6) is 0 Å². The van der Waals surface area contributed by atoms with E-state index in [-0.39, 0.29) is 0 Å². The molecule has 0 N–H and O–H groups in total. The number of pyridine rings is 1. The van der Waals surface area contributed by atoms with Crippen LogP contribution in [0.15, 0.2) is 35.3 Å². The zero-order chi connectivity index (χ0) is 9.10. The average molecular weight is 171 g/mol. The van der Waals surface area contributed by atoms with Crippen LogP contribution in [-0.4, -0.2) is 9.97 Å². The van der Waals surface area contributed by atoms with Gasteiger partial charge in [0.2, 0.25) is 0 Å². The van der Waals surface area contributed by atoms with Crippen LogP contribution in [0.25, 0.3) is 11.3 Å². The highest BCUT2D eigenvalue weighted by Gasteiger charge is 2.00. The molecule has 0 atom stereocenters. The smallest absolute Gasteiger partial charge is 0.181 e. The fourth-order valence-electron chi connectivity index (χ4n) is 0.964. The van der Waals surface area contributed by atoms with Crippen molar-refractivity contribution in [2.75, 3.05) is 0 Å². The third kappa shape index (κ3) is 1.40. The molecule has 0 bridgehead atoms. The van der Waals surface area contributed by atoms with Gasteiger partial charge in [0.25, 0.3) is 0 Å². The van der Waals surface area contributed by atoms with Crippen LogP contribution < -0.4 is 0 Å². The van der Waals surface area contributed by atoms with Crippen molar-refractivity contribution in [2.24, 2.45) is 0 Å². The number of hydrogen-bond acceptors (Lipinski definition) is 4. The molecular formula is C9H5N3O. The van der Waals surface area contributed by atoms with E-state index in [9.17, 15) is 0 Å². The molecular weight excluding hydrogens is 166 g/mol. The summed E-state index contributed by atoms with van der Waals surface area (Å²) in [5.41, 5.74) is 1.21. The Bertz CT molecular complexity index is 425. The summed E-state index contributed by atoms with van der Waals surface area (Å²) in [6.07, 6.45) is 4.54. The van der Waals surface area contributed by atoms with Gasteiger partial charge in [-0.15, -0.1) is 0 Å². The summed E-state index contributed by atoms with van der Waals surface area (Å²) in [7, 11) is 0. The van der Waals surface area contributed by atoms with E-state index < -0.39 is 0 Å². The summed E-state index contributed by atoms with van der Waals surface area (Å²) in [6.45, 7) is 0. The molecule has 0 saturated heterocycles. The number of aromatic nitrogens is 2. The molecule has 2 heterocycles. The average Bonchev–Trinajstić information content (AvgIpc) is 2.71. The van der Waals surface area contributed by atoms with E-state index in [0.29, 0.717) is 11.5 Å². The molecule has 13 heavy (non-hydrogen) atoms. The lowest BCUT2D eigenvalue weighted by atomic mass is 10.2. The SMILES string of the molecule is N#Cc1ccc(-c2cnco2)cn1. The zero-order valence-corrected chi connectivity index (χ0v) is 6.64. The predicted octanol–water partition coefficient (Wildman–Crippen LogP) is 1.61. The van der Waals surface area contributed by atoms with Gasteiger partial charge in [0, 0.05) is 11.8 Å². The number of nitrogens with zero attached hydrogens (tertiary/aromatic N) is 3. The topological polar surface area (TPSA) is 62.7 Å². The van der Waals surface area contributed by atoms with Gasteiger partial charge in [-0.05, 0) is 12.1 Å². The fourth-order valence-corrected chi connectivity index (χ4v) is 0.964. The molecule has 0 aliphatic heterocycles. The van der Waals surface area contributed by atoms with Crippen LogP contribution in [-0.2, 0) is 0 Å². The Labute approximate surface area is 74.5 Å². The number of oxazole rings is 1. The van der Waals surface area contributed by atoms with E-state index in [1.807, 2.05) is 6.07 Å². The maximum atomic E-state index is 8.51. The number of rotatable bonds is 1. The highest BCUT2D eigenvalue weighted by molar-refractivity contribution is 5.54. The minimum atomic E-state index is 0.392. The Morgan fingerprint density at radius 1 is 1.31 bits per heavy atom. The predicted molar refractivity (Wildman–Crippen MR) is 44.4 cm³/mol. The Kier molecular flexibility index (Phi) is 1.77. The second-order valence-corrected chi connectivity index (χ2v) is 2.41. The second-order valence-electron chi connectivity index (χ2n) is 2.41. The summed E-state index contributed by atoms with van der Waals surface area (Å²) in [5, 5.41) is 8.51. The lowest BCUT2D eigenvalue weighted by Crippen LogP contribution is -1.81. The summed E-state index contributed by atoms with van der Waals surface area (Å²) in [6, 6.07) is 5.35. The summed E-state index contributed by atoms with van der Waals surface area (Å²) in [4.78, 5) is 7.69. The van der Waals surface area contributed by atoms with Gasteiger partial charge in [0.1, 0.15) is 11.8 Å². The van der Waals surface area contributed by atoms with Crippen molar-refractivity contribution < 1.29 is 4.42 Å². The first kappa shape index (κ1) is 7.50. The van der Waals surface area contributed by atoms with Gasteiger partial charge >= 0.3 is 0 Å². The molecule has 2 aromatic heterocycles. The van der Waals surface area contributed by atoms with E-state index in [1.165, 1.54) is 6.39 Å². The van der Waals surface area contributed by atoms with Crippen molar-refractivity contribution in [3.05, 3.63) is 36.6 Å². The molecule has 2 aromatic rings. The normalized spacial score (nSPS) is 9.46. The molecule has 0 aliphatic carbocycles. The molecule has 0 fully saturated rings. The Hall–Kier alpha value is -2.15. The van der Waals surface area contributed by atoms with Gasteiger partial charge < -0.3 is 4.42 Å². The van der Waals surface area contributed by atoms with Crippen LogP contribution in [0.3, 0.4) is 0 Å². The molecule has 0 unspecified atom stereocenters. The van der Waals surface area contributed by atoms with Crippen LogP contribution in [0.1, 0.15) is 5.69 Å². The Morgan fingerprint density at radius 3 is 2.77 bits per heavy atom. The molecule has 4 heteroatoms. The summed E-state index contributed by atoms with van der Waals surface area (Å²) >= 11 is 0. The molecule has 0 saturated carbocycles. The molecule has 0 aromatic carbocycles. The Balaban J connectivity index is 2.40. The number of nitriles is 1. The van der Waals surface area contributed by atoms with Gasteiger partial charge in [0.05, 0.1) is 6.20 Å². The molecule has 2 rings (SSSR count). The third-order valence-electron chi connectivity index (χ3n) is 1.59. The molecule has 4 nitrogen and oxygen atoms in total. The first-order valence-corrected chi connectivity index (χ1v) is 3.65. The van der Waals surface area contributed by atoms with Crippen LogP contribution >= 0.6 is 0 Å². The van der Waals surface area contributed by atoms with E-state index in [2.05, 4.69) is 9.97 Å². The quantitative estimate of drug-likeness (QED) is 0.653. The fraction of sp³-hybridized carbons (Fsp3) is 0. The highest BCUT2D eigenvalue weighted by atomic mass is 16.3. The van der Waals surface area contributed by atoms with Gasteiger partial charge in [-0.2, -0.15) is 5.26 Å². The van der Waals surface area contributed by atoms with E-state index >= 15 is 0 Å². The molecule has 62 valence electrons. The van der Waals surface area contributed by atoms with Crippen LogP contribution in [0.2, 0.25) is 0 Å². The monoisotopic (exact) mass is 171 g/mol. The van der Waals surface area contributed by atoms with E-state index in [0.717, 1.165) is 5.56 Å². The third-order valence-corrected chi connectivity index (χ3v) is 1.59. The Morgan fingerprint density at radius 2 is 2.23 bits per heavy atom. The van der Waals surface area contributed by atoms with Gasteiger partial charge in [-0.1, -0.05) is 0 Å². The molecule has 0 radical (unpaired) electrons. The first-order valence-electron chi connectivity index (χ1n) is 3.65. The van der Waals surface area contributed by atoms with Gasteiger partial charge in [0.15, 0.2) is 12.2 Å². The van der Waals surface area contributed by atoms with Crippen LogP contribution in [0.4, 0.5) is 0 Å². The molecule has 0 spiro atoms. The van der Waals surface area contributed by atoms with E-state index in [1.54, 1.807) is 24.5 Å². The van der Waals surface area contributed by atoms with Crippen LogP contribution in [0, 0.1) is 11.3 Å².